The maximum atomic E-state index is 11.8. The van der Waals surface area contributed by atoms with Crippen LogP contribution in [0.3, 0.4) is 0 Å². The van der Waals surface area contributed by atoms with Crippen molar-refractivity contribution in [2.45, 2.75) is 0 Å². The zero-order valence-electron chi connectivity index (χ0n) is 10.7. The molecule has 2 heterocycles. The van der Waals surface area contributed by atoms with Gasteiger partial charge in [0.05, 0.1) is 4.91 Å². The second-order valence-corrected chi connectivity index (χ2v) is 6.42. The molecule has 3 nitrogen and oxygen atoms in total. The van der Waals surface area contributed by atoms with E-state index in [9.17, 15) is 9.59 Å². The molecule has 1 aromatic carbocycles. The predicted molar refractivity (Wildman–Crippen MR) is 83.5 cm³/mol. The Morgan fingerprint density at radius 3 is 2.45 bits per heavy atom. The number of likely N-dealkylation sites (N-methyl/N-ethyl adjacent to an activating group) is 1. The fourth-order valence-corrected chi connectivity index (χ4v) is 3.71. The first kappa shape index (κ1) is 13.1. The number of thiophene rings is 1. The van der Waals surface area contributed by atoms with Gasteiger partial charge in [-0.3, -0.25) is 14.5 Å². The molecule has 1 fully saturated rings. The molecule has 0 unspecified atom stereocenters. The van der Waals surface area contributed by atoms with Crippen LogP contribution in [-0.2, 0) is 4.79 Å². The molecule has 1 aliphatic rings. The van der Waals surface area contributed by atoms with Gasteiger partial charge in [0.1, 0.15) is 0 Å². The predicted octanol–water partition coefficient (Wildman–Crippen LogP) is 4.08. The molecule has 20 heavy (non-hydrogen) atoms. The minimum atomic E-state index is -0.227. The third-order valence-electron chi connectivity index (χ3n) is 2.94. The molecule has 0 aliphatic carbocycles. The number of hydrogen-bond donors (Lipinski definition) is 0. The molecule has 3 rings (SSSR count). The van der Waals surface area contributed by atoms with Gasteiger partial charge in [-0.25, -0.2) is 0 Å². The van der Waals surface area contributed by atoms with E-state index in [1.165, 1.54) is 7.05 Å². The average Bonchev–Trinajstić information content (AvgIpc) is 3.02. The summed E-state index contributed by atoms with van der Waals surface area (Å²) < 4.78 is 0. The first-order valence-corrected chi connectivity index (χ1v) is 7.65. The van der Waals surface area contributed by atoms with Gasteiger partial charge >= 0.3 is 0 Å². The third kappa shape index (κ3) is 2.42. The summed E-state index contributed by atoms with van der Waals surface area (Å²) in [5.41, 5.74) is 1.15. The summed E-state index contributed by atoms with van der Waals surface area (Å²) in [6.45, 7) is 0. The zero-order valence-corrected chi connectivity index (χ0v) is 12.3. The second-order valence-electron chi connectivity index (χ2n) is 4.31. The van der Waals surface area contributed by atoms with E-state index >= 15 is 0 Å². The quantitative estimate of drug-likeness (QED) is 0.784. The maximum Gasteiger partial charge on any atom is 0.293 e. The number of amides is 2. The minimum Gasteiger partial charge on any atom is -0.272 e. The Balaban J connectivity index is 1.89. The van der Waals surface area contributed by atoms with Crippen LogP contribution in [0.15, 0.2) is 47.4 Å². The van der Waals surface area contributed by atoms with Gasteiger partial charge in [0.25, 0.3) is 11.1 Å². The molecule has 0 atom stereocenters. The average molecular weight is 301 g/mol. The Morgan fingerprint density at radius 2 is 1.80 bits per heavy atom. The normalized spacial score (nSPS) is 17.2. The number of nitrogens with zero attached hydrogens (tertiary/aromatic N) is 1. The highest BCUT2D eigenvalue weighted by Crippen LogP contribution is 2.34. The summed E-state index contributed by atoms with van der Waals surface area (Å²) in [6, 6.07) is 14.1. The molecule has 1 aromatic heterocycles. The van der Waals surface area contributed by atoms with Crippen LogP contribution in [-0.4, -0.2) is 23.1 Å². The minimum absolute atomic E-state index is 0.221. The Morgan fingerprint density at radius 1 is 1.05 bits per heavy atom. The van der Waals surface area contributed by atoms with E-state index in [0.717, 1.165) is 32.0 Å². The molecule has 2 aromatic rings. The lowest BCUT2D eigenvalue weighted by molar-refractivity contribution is -0.121. The summed E-state index contributed by atoms with van der Waals surface area (Å²) in [5, 5.41) is -0.221. The van der Waals surface area contributed by atoms with Crippen LogP contribution in [0.5, 0.6) is 0 Å². The van der Waals surface area contributed by atoms with Crippen LogP contribution in [0, 0.1) is 0 Å². The van der Waals surface area contributed by atoms with Gasteiger partial charge in [-0.15, -0.1) is 11.3 Å². The van der Waals surface area contributed by atoms with E-state index in [0.29, 0.717) is 4.91 Å². The van der Waals surface area contributed by atoms with Crippen molar-refractivity contribution in [2.24, 2.45) is 0 Å². The van der Waals surface area contributed by atoms with Gasteiger partial charge in [0.2, 0.25) is 0 Å². The molecule has 1 aliphatic heterocycles. The first-order chi connectivity index (χ1) is 9.65. The fourth-order valence-electron chi connectivity index (χ4n) is 1.86. The lowest BCUT2D eigenvalue weighted by Gasteiger charge is -2.00. The van der Waals surface area contributed by atoms with Crippen molar-refractivity contribution in [3.63, 3.8) is 0 Å². The number of hydrogen-bond acceptors (Lipinski definition) is 4. The third-order valence-corrected chi connectivity index (χ3v) is 4.99. The molecule has 0 bridgehead atoms. The second kappa shape index (κ2) is 5.26. The lowest BCUT2D eigenvalue weighted by Crippen LogP contribution is -2.22. The molecule has 0 radical (unpaired) electrons. The highest BCUT2D eigenvalue weighted by molar-refractivity contribution is 8.18. The van der Waals surface area contributed by atoms with Crippen molar-refractivity contribution in [3.05, 3.63) is 52.2 Å². The molecular formula is C15H11NO2S2. The molecular weight excluding hydrogens is 290 g/mol. The SMILES string of the molecule is CN1C(=O)S/C(=C\c2ccc(-c3ccccc3)s2)C1=O. The van der Waals surface area contributed by atoms with E-state index in [2.05, 4.69) is 12.1 Å². The van der Waals surface area contributed by atoms with Crippen LogP contribution in [0.4, 0.5) is 4.79 Å². The van der Waals surface area contributed by atoms with Crippen molar-refractivity contribution in [3.8, 4) is 10.4 Å². The van der Waals surface area contributed by atoms with Crippen LogP contribution in [0.25, 0.3) is 16.5 Å². The van der Waals surface area contributed by atoms with Crippen LogP contribution in [0.1, 0.15) is 4.88 Å². The van der Waals surface area contributed by atoms with Gasteiger partial charge in [-0.2, -0.15) is 0 Å². The lowest BCUT2D eigenvalue weighted by atomic mass is 10.2. The number of carbonyl (C=O) groups is 2. The fraction of sp³-hybridized carbons (Fsp3) is 0.0667. The van der Waals surface area contributed by atoms with Crippen molar-refractivity contribution >= 4 is 40.3 Å². The Labute approximate surface area is 124 Å². The zero-order chi connectivity index (χ0) is 14.1. The molecule has 0 N–H and O–H groups in total. The number of benzene rings is 1. The summed E-state index contributed by atoms with van der Waals surface area (Å²) >= 11 is 2.59. The van der Waals surface area contributed by atoms with Crippen molar-refractivity contribution < 1.29 is 9.59 Å². The van der Waals surface area contributed by atoms with E-state index in [4.69, 9.17) is 0 Å². The molecule has 2 amide bonds. The number of rotatable bonds is 2. The summed E-state index contributed by atoms with van der Waals surface area (Å²) in [5.74, 6) is -0.227. The van der Waals surface area contributed by atoms with Gasteiger partial charge in [0, 0.05) is 16.8 Å². The molecule has 100 valence electrons. The van der Waals surface area contributed by atoms with Crippen LogP contribution in [0.2, 0.25) is 0 Å². The molecule has 0 spiro atoms. The summed E-state index contributed by atoms with van der Waals surface area (Å²) in [4.78, 5) is 27.0. The van der Waals surface area contributed by atoms with E-state index < -0.39 is 0 Å². The largest absolute Gasteiger partial charge is 0.293 e. The number of carbonyl (C=O) groups excluding carboxylic acids is 2. The van der Waals surface area contributed by atoms with E-state index in [1.54, 1.807) is 17.4 Å². The number of imide groups is 1. The Kier molecular flexibility index (Phi) is 3.46. The number of thioether (sulfide) groups is 1. The van der Waals surface area contributed by atoms with Crippen LogP contribution < -0.4 is 0 Å². The van der Waals surface area contributed by atoms with E-state index in [1.807, 2.05) is 30.3 Å². The first-order valence-electron chi connectivity index (χ1n) is 6.02. The highest BCUT2D eigenvalue weighted by atomic mass is 32.2. The van der Waals surface area contributed by atoms with Gasteiger partial charge in [-0.1, -0.05) is 30.3 Å². The van der Waals surface area contributed by atoms with Crippen molar-refractivity contribution in [1.29, 1.82) is 0 Å². The smallest absolute Gasteiger partial charge is 0.272 e. The highest BCUT2D eigenvalue weighted by Gasteiger charge is 2.31. The van der Waals surface area contributed by atoms with Gasteiger partial charge < -0.3 is 0 Å². The summed E-state index contributed by atoms with van der Waals surface area (Å²) in [6.07, 6.45) is 1.78. The molecule has 0 saturated carbocycles. The van der Waals surface area contributed by atoms with Gasteiger partial charge in [0.15, 0.2) is 0 Å². The molecule has 5 heteroatoms. The standard InChI is InChI=1S/C15H11NO2S2/c1-16-14(17)13(20-15(16)18)9-11-7-8-12(19-11)10-5-3-2-4-6-10/h2-9H,1H3/b13-9-. The monoisotopic (exact) mass is 301 g/mol. The maximum absolute atomic E-state index is 11.8. The van der Waals surface area contributed by atoms with Crippen molar-refractivity contribution in [2.75, 3.05) is 7.05 Å². The van der Waals surface area contributed by atoms with E-state index in [-0.39, 0.29) is 11.1 Å². The topological polar surface area (TPSA) is 37.4 Å². The Bertz CT molecular complexity index is 704. The molecule has 1 saturated heterocycles. The Hall–Kier alpha value is -1.85. The van der Waals surface area contributed by atoms with Crippen molar-refractivity contribution in [1.82, 2.24) is 4.90 Å². The summed E-state index contributed by atoms with van der Waals surface area (Å²) in [7, 11) is 1.50. The van der Waals surface area contributed by atoms with Crippen LogP contribution >= 0.6 is 23.1 Å². The van der Waals surface area contributed by atoms with Gasteiger partial charge in [-0.05, 0) is 35.5 Å².